The highest BCUT2D eigenvalue weighted by Gasteiger charge is 2.00. The van der Waals surface area contributed by atoms with Crippen molar-refractivity contribution in [3.05, 3.63) is 29.8 Å². The Kier molecular flexibility index (Phi) is 7.13. The molecule has 0 saturated carbocycles. The normalized spacial score (nSPS) is 12.4. The van der Waals surface area contributed by atoms with Crippen molar-refractivity contribution in [2.75, 3.05) is 25.7 Å². The van der Waals surface area contributed by atoms with Crippen LogP contribution in [-0.4, -0.2) is 31.7 Å². The third-order valence-corrected chi connectivity index (χ3v) is 3.46. The van der Waals surface area contributed by atoms with Crippen LogP contribution in [0.1, 0.15) is 18.9 Å². The van der Waals surface area contributed by atoms with Crippen LogP contribution in [0.4, 0.5) is 0 Å². The van der Waals surface area contributed by atoms with E-state index in [1.807, 2.05) is 23.9 Å². The van der Waals surface area contributed by atoms with Crippen LogP contribution in [0.15, 0.2) is 24.3 Å². The van der Waals surface area contributed by atoms with Crippen LogP contribution in [-0.2, 0) is 6.42 Å². The second-order valence-electron chi connectivity index (χ2n) is 4.23. The van der Waals surface area contributed by atoms with Gasteiger partial charge in [-0.1, -0.05) is 12.1 Å². The van der Waals surface area contributed by atoms with Gasteiger partial charge in [0.2, 0.25) is 0 Å². The molecular weight excluding hydrogens is 230 g/mol. The molecular formula is C14H23NOS. The van der Waals surface area contributed by atoms with Crippen molar-refractivity contribution in [1.82, 2.24) is 5.32 Å². The Morgan fingerprint density at radius 1 is 1.29 bits per heavy atom. The van der Waals surface area contributed by atoms with Crippen molar-refractivity contribution < 1.29 is 4.74 Å². The van der Waals surface area contributed by atoms with Crippen molar-refractivity contribution >= 4 is 11.8 Å². The minimum atomic E-state index is 0.612. The summed E-state index contributed by atoms with van der Waals surface area (Å²) in [7, 11) is 1.70. The lowest BCUT2D eigenvalue weighted by Crippen LogP contribution is -2.28. The maximum Gasteiger partial charge on any atom is 0.118 e. The van der Waals surface area contributed by atoms with E-state index in [1.165, 1.54) is 17.7 Å². The van der Waals surface area contributed by atoms with E-state index in [4.69, 9.17) is 4.74 Å². The first kappa shape index (κ1) is 14.4. The Morgan fingerprint density at radius 3 is 2.59 bits per heavy atom. The molecule has 0 saturated heterocycles. The van der Waals surface area contributed by atoms with Gasteiger partial charge in [-0.05, 0) is 56.0 Å². The number of ether oxygens (including phenoxy) is 1. The molecule has 0 heterocycles. The monoisotopic (exact) mass is 253 g/mol. The van der Waals surface area contributed by atoms with Gasteiger partial charge >= 0.3 is 0 Å². The standard InChI is InChI=1S/C14H23NOS/c1-12(9-11-17-3)15-10-8-13-4-6-14(16-2)7-5-13/h4-7,12,15H,8-11H2,1-3H3. The van der Waals surface area contributed by atoms with Crippen molar-refractivity contribution in [2.24, 2.45) is 0 Å². The van der Waals surface area contributed by atoms with E-state index in [2.05, 4.69) is 30.6 Å². The van der Waals surface area contributed by atoms with Crippen LogP contribution in [0.3, 0.4) is 0 Å². The molecule has 0 radical (unpaired) electrons. The summed E-state index contributed by atoms with van der Waals surface area (Å²) in [5.74, 6) is 2.16. The van der Waals surface area contributed by atoms with Gasteiger partial charge in [-0.15, -0.1) is 0 Å². The average Bonchev–Trinajstić information content (AvgIpc) is 2.37. The zero-order valence-electron chi connectivity index (χ0n) is 11.0. The third kappa shape index (κ3) is 5.99. The topological polar surface area (TPSA) is 21.3 Å². The predicted octanol–water partition coefficient (Wildman–Crippen LogP) is 2.97. The fraction of sp³-hybridized carbons (Fsp3) is 0.571. The van der Waals surface area contributed by atoms with Crippen LogP contribution in [0.2, 0.25) is 0 Å². The number of benzene rings is 1. The van der Waals surface area contributed by atoms with Gasteiger partial charge in [-0.3, -0.25) is 0 Å². The van der Waals surface area contributed by atoms with Gasteiger partial charge in [-0.2, -0.15) is 11.8 Å². The summed E-state index contributed by atoms with van der Waals surface area (Å²) in [6.45, 7) is 3.30. The first-order valence-electron chi connectivity index (χ1n) is 6.11. The Morgan fingerprint density at radius 2 is 2.00 bits per heavy atom. The average molecular weight is 253 g/mol. The van der Waals surface area contributed by atoms with Gasteiger partial charge in [0.1, 0.15) is 5.75 Å². The molecule has 17 heavy (non-hydrogen) atoms. The van der Waals surface area contributed by atoms with E-state index in [0.29, 0.717) is 6.04 Å². The molecule has 1 aromatic carbocycles. The van der Waals surface area contributed by atoms with Crippen molar-refractivity contribution in [2.45, 2.75) is 25.8 Å². The van der Waals surface area contributed by atoms with Gasteiger partial charge in [-0.25, -0.2) is 0 Å². The zero-order chi connectivity index (χ0) is 12.5. The number of hydrogen-bond donors (Lipinski definition) is 1. The summed E-state index contributed by atoms with van der Waals surface area (Å²) < 4.78 is 5.14. The molecule has 1 atom stereocenters. The fourth-order valence-corrected chi connectivity index (χ4v) is 2.24. The smallest absolute Gasteiger partial charge is 0.118 e. The molecule has 0 bridgehead atoms. The van der Waals surface area contributed by atoms with Crippen molar-refractivity contribution in [3.63, 3.8) is 0 Å². The highest BCUT2D eigenvalue weighted by atomic mass is 32.2. The molecule has 3 heteroatoms. The number of hydrogen-bond acceptors (Lipinski definition) is 3. The fourth-order valence-electron chi connectivity index (χ4n) is 1.65. The van der Waals surface area contributed by atoms with Gasteiger partial charge < -0.3 is 10.1 Å². The van der Waals surface area contributed by atoms with Crippen LogP contribution in [0.5, 0.6) is 5.75 Å². The highest BCUT2D eigenvalue weighted by Crippen LogP contribution is 2.11. The Hall–Kier alpha value is -0.670. The number of rotatable bonds is 8. The molecule has 1 aromatic rings. The van der Waals surface area contributed by atoms with Gasteiger partial charge in [0.25, 0.3) is 0 Å². The van der Waals surface area contributed by atoms with Crippen LogP contribution >= 0.6 is 11.8 Å². The third-order valence-electron chi connectivity index (χ3n) is 2.82. The number of thioether (sulfide) groups is 1. The van der Waals surface area contributed by atoms with E-state index in [0.717, 1.165) is 18.7 Å². The van der Waals surface area contributed by atoms with Gasteiger partial charge in [0, 0.05) is 6.04 Å². The summed E-state index contributed by atoms with van der Waals surface area (Å²) >= 11 is 1.91. The van der Waals surface area contributed by atoms with Crippen molar-refractivity contribution in [3.8, 4) is 5.75 Å². The van der Waals surface area contributed by atoms with E-state index in [9.17, 15) is 0 Å². The lowest BCUT2D eigenvalue weighted by molar-refractivity contribution is 0.414. The summed E-state index contributed by atoms with van der Waals surface area (Å²) in [5, 5.41) is 3.55. The number of nitrogens with one attached hydrogen (secondary N) is 1. The van der Waals surface area contributed by atoms with E-state index in [1.54, 1.807) is 7.11 Å². The summed E-state index contributed by atoms with van der Waals surface area (Å²) in [4.78, 5) is 0. The van der Waals surface area contributed by atoms with Crippen LogP contribution in [0.25, 0.3) is 0 Å². The van der Waals surface area contributed by atoms with E-state index >= 15 is 0 Å². The van der Waals surface area contributed by atoms with E-state index in [-0.39, 0.29) is 0 Å². The molecule has 0 aromatic heterocycles. The number of methoxy groups -OCH3 is 1. The molecule has 2 nitrogen and oxygen atoms in total. The van der Waals surface area contributed by atoms with Crippen LogP contribution < -0.4 is 10.1 Å². The summed E-state index contributed by atoms with van der Waals surface area (Å²) in [6, 6.07) is 8.92. The molecule has 0 aliphatic carbocycles. The lowest BCUT2D eigenvalue weighted by atomic mass is 10.1. The molecule has 0 amide bonds. The molecule has 0 fully saturated rings. The Balaban J connectivity index is 2.21. The molecule has 0 aliphatic rings. The van der Waals surface area contributed by atoms with Crippen LogP contribution in [0, 0.1) is 0 Å². The summed E-state index contributed by atoms with van der Waals surface area (Å²) in [5.41, 5.74) is 1.36. The second kappa shape index (κ2) is 8.43. The molecule has 0 spiro atoms. The maximum atomic E-state index is 5.14. The van der Waals surface area contributed by atoms with Gasteiger partial charge in [0.15, 0.2) is 0 Å². The first-order valence-corrected chi connectivity index (χ1v) is 7.51. The maximum absolute atomic E-state index is 5.14. The molecule has 1 N–H and O–H groups in total. The Labute approximate surface area is 109 Å². The SMILES string of the molecule is COc1ccc(CCNC(C)CCSC)cc1. The minimum absolute atomic E-state index is 0.612. The van der Waals surface area contributed by atoms with Gasteiger partial charge in [0.05, 0.1) is 7.11 Å². The minimum Gasteiger partial charge on any atom is -0.497 e. The zero-order valence-corrected chi connectivity index (χ0v) is 11.8. The van der Waals surface area contributed by atoms with E-state index < -0.39 is 0 Å². The molecule has 1 unspecified atom stereocenters. The van der Waals surface area contributed by atoms with Crippen molar-refractivity contribution in [1.29, 1.82) is 0 Å². The molecule has 96 valence electrons. The first-order chi connectivity index (χ1) is 8.26. The Bertz CT molecular complexity index is 300. The predicted molar refractivity (Wildman–Crippen MR) is 77.2 cm³/mol. The largest absolute Gasteiger partial charge is 0.497 e. The highest BCUT2D eigenvalue weighted by molar-refractivity contribution is 7.98. The molecule has 0 aliphatic heterocycles. The lowest BCUT2D eigenvalue weighted by Gasteiger charge is -2.13. The molecule has 1 rings (SSSR count). The summed E-state index contributed by atoms with van der Waals surface area (Å²) in [6.07, 6.45) is 4.47. The quantitative estimate of drug-likeness (QED) is 0.769. The second-order valence-corrected chi connectivity index (χ2v) is 5.22.